The van der Waals surface area contributed by atoms with Gasteiger partial charge in [-0.2, -0.15) is 5.26 Å². The smallest absolute Gasteiger partial charge is 0.133 e. The molecule has 0 aliphatic carbocycles. The Bertz CT molecular complexity index is 396. The molecule has 0 amide bonds. The maximum atomic E-state index is 8.52. The summed E-state index contributed by atoms with van der Waals surface area (Å²) >= 11 is 1.33. The van der Waals surface area contributed by atoms with E-state index in [-0.39, 0.29) is 0 Å². The number of hydrogen-bond acceptors (Lipinski definition) is 3. The maximum absolute atomic E-state index is 8.52. The Balaban J connectivity index is 2.30. The largest absolute Gasteiger partial charge is 0.494 e. The summed E-state index contributed by atoms with van der Waals surface area (Å²) in [5.41, 5.74) is 1.32. The quantitative estimate of drug-likeness (QED) is 0.430. The monoisotopic (exact) mass is 291 g/mol. The molecule has 0 spiro atoms. The van der Waals surface area contributed by atoms with Crippen LogP contribution in [0.15, 0.2) is 24.3 Å². The Labute approximate surface area is 127 Å². The minimum Gasteiger partial charge on any atom is -0.494 e. The average Bonchev–Trinajstić information content (AvgIpc) is 2.48. The molecule has 0 saturated carbocycles. The van der Waals surface area contributed by atoms with E-state index in [1.165, 1.54) is 36.6 Å². The first-order chi connectivity index (χ1) is 9.77. The zero-order chi connectivity index (χ0) is 14.6. The SMILES string of the molecule is CCCCCCOc1ccc(C(C)CCSC#N)cc1. The molecule has 1 atom stereocenters. The van der Waals surface area contributed by atoms with Gasteiger partial charge in [-0.3, -0.25) is 0 Å². The highest BCUT2D eigenvalue weighted by Crippen LogP contribution is 2.23. The third-order valence-electron chi connectivity index (χ3n) is 3.43. The molecule has 1 aromatic rings. The van der Waals surface area contributed by atoms with E-state index in [9.17, 15) is 0 Å². The van der Waals surface area contributed by atoms with E-state index in [0.29, 0.717) is 5.92 Å². The third-order valence-corrected chi connectivity index (χ3v) is 4.00. The van der Waals surface area contributed by atoms with Gasteiger partial charge >= 0.3 is 0 Å². The fraction of sp³-hybridized carbons (Fsp3) is 0.588. The summed E-state index contributed by atoms with van der Waals surface area (Å²) < 4.78 is 5.74. The van der Waals surface area contributed by atoms with Crippen LogP contribution in [0.3, 0.4) is 0 Å². The molecule has 1 rings (SSSR count). The topological polar surface area (TPSA) is 33.0 Å². The van der Waals surface area contributed by atoms with Crippen molar-refractivity contribution in [3.63, 3.8) is 0 Å². The Morgan fingerprint density at radius 1 is 1.20 bits per heavy atom. The van der Waals surface area contributed by atoms with Gasteiger partial charge < -0.3 is 4.74 Å². The van der Waals surface area contributed by atoms with Crippen LogP contribution < -0.4 is 4.74 Å². The van der Waals surface area contributed by atoms with E-state index in [1.807, 2.05) is 0 Å². The van der Waals surface area contributed by atoms with Crippen LogP contribution in [-0.4, -0.2) is 12.4 Å². The summed E-state index contributed by atoms with van der Waals surface area (Å²) in [6.07, 6.45) is 5.98. The molecule has 0 N–H and O–H groups in total. The van der Waals surface area contributed by atoms with Crippen LogP contribution in [-0.2, 0) is 0 Å². The summed E-state index contributed by atoms with van der Waals surface area (Å²) in [6, 6.07) is 8.40. The first kappa shape index (κ1) is 16.9. The van der Waals surface area contributed by atoms with Gasteiger partial charge in [0.2, 0.25) is 0 Å². The maximum Gasteiger partial charge on any atom is 0.133 e. The van der Waals surface area contributed by atoms with E-state index < -0.39 is 0 Å². The van der Waals surface area contributed by atoms with Crippen molar-refractivity contribution in [2.75, 3.05) is 12.4 Å². The average molecular weight is 291 g/mol. The lowest BCUT2D eigenvalue weighted by molar-refractivity contribution is 0.305. The second-order valence-electron chi connectivity index (χ2n) is 5.11. The van der Waals surface area contributed by atoms with Crippen LogP contribution in [0.4, 0.5) is 0 Å². The lowest BCUT2D eigenvalue weighted by Crippen LogP contribution is -1.98. The van der Waals surface area contributed by atoms with Crippen LogP contribution in [0.25, 0.3) is 0 Å². The van der Waals surface area contributed by atoms with Crippen molar-refractivity contribution in [3.05, 3.63) is 29.8 Å². The number of thioether (sulfide) groups is 1. The van der Waals surface area contributed by atoms with Crippen molar-refractivity contribution in [1.82, 2.24) is 0 Å². The van der Waals surface area contributed by atoms with Crippen molar-refractivity contribution < 1.29 is 4.74 Å². The van der Waals surface area contributed by atoms with Crippen LogP contribution in [0.2, 0.25) is 0 Å². The summed E-state index contributed by atoms with van der Waals surface area (Å²) in [5, 5.41) is 10.6. The molecule has 20 heavy (non-hydrogen) atoms. The van der Waals surface area contributed by atoms with E-state index in [2.05, 4.69) is 43.5 Å². The van der Waals surface area contributed by atoms with E-state index in [1.54, 1.807) is 0 Å². The molecule has 3 heteroatoms. The number of hydrogen-bond donors (Lipinski definition) is 0. The van der Waals surface area contributed by atoms with Gasteiger partial charge in [-0.25, -0.2) is 0 Å². The number of thiocyanates is 1. The summed E-state index contributed by atoms with van der Waals surface area (Å²) in [5.74, 6) is 2.35. The number of unbranched alkanes of at least 4 members (excludes halogenated alkanes) is 3. The fourth-order valence-corrected chi connectivity index (χ4v) is 2.62. The summed E-state index contributed by atoms with van der Waals surface area (Å²) in [6.45, 7) is 5.24. The van der Waals surface area contributed by atoms with Crippen LogP contribution in [0.1, 0.15) is 57.4 Å². The Kier molecular flexibility index (Phi) is 8.98. The van der Waals surface area contributed by atoms with Gasteiger partial charge in [-0.05, 0) is 48.2 Å². The normalized spacial score (nSPS) is 11.8. The Morgan fingerprint density at radius 3 is 2.60 bits per heavy atom. The first-order valence-corrected chi connectivity index (χ1v) is 8.50. The molecule has 1 aromatic carbocycles. The molecular weight excluding hydrogens is 266 g/mol. The van der Waals surface area contributed by atoms with Crippen molar-refractivity contribution in [3.8, 4) is 11.2 Å². The van der Waals surface area contributed by atoms with E-state index in [4.69, 9.17) is 10.00 Å². The van der Waals surface area contributed by atoms with Crippen molar-refractivity contribution in [2.24, 2.45) is 0 Å². The second kappa shape index (κ2) is 10.6. The minimum absolute atomic E-state index is 0.495. The number of nitrogens with zero attached hydrogens (tertiary/aromatic N) is 1. The molecule has 0 fully saturated rings. The van der Waals surface area contributed by atoms with Crippen LogP contribution in [0, 0.1) is 10.7 Å². The van der Waals surface area contributed by atoms with Crippen molar-refractivity contribution in [1.29, 1.82) is 5.26 Å². The third kappa shape index (κ3) is 6.86. The molecule has 0 bridgehead atoms. The van der Waals surface area contributed by atoms with E-state index >= 15 is 0 Å². The molecule has 1 unspecified atom stereocenters. The number of rotatable bonds is 10. The zero-order valence-electron chi connectivity index (χ0n) is 12.6. The predicted octanol–water partition coefficient (Wildman–Crippen LogP) is 5.35. The molecular formula is C17H25NOS. The highest BCUT2D eigenvalue weighted by Gasteiger charge is 2.05. The second-order valence-corrected chi connectivity index (χ2v) is 5.99. The van der Waals surface area contributed by atoms with Gasteiger partial charge in [0.15, 0.2) is 0 Å². The van der Waals surface area contributed by atoms with Crippen molar-refractivity contribution >= 4 is 11.8 Å². The van der Waals surface area contributed by atoms with Gasteiger partial charge in [0.05, 0.1) is 6.61 Å². The molecule has 110 valence electrons. The molecule has 0 aromatic heterocycles. The Hall–Kier alpha value is -1.14. The Morgan fingerprint density at radius 2 is 1.95 bits per heavy atom. The summed E-state index contributed by atoms with van der Waals surface area (Å²) in [4.78, 5) is 0. The lowest BCUT2D eigenvalue weighted by atomic mass is 9.99. The van der Waals surface area contributed by atoms with Crippen LogP contribution in [0.5, 0.6) is 5.75 Å². The number of ether oxygens (including phenoxy) is 1. The summed E-state index contributed by atoms with van der Waals surface area (Å²) in [7, 11) is 0. The number of benzene rings is 1. The predicted molar refractivity (Wildman–Crippen MR) is 87.2 cm³/mol. The van der Waals surface area contributed by atoms with E-state index in [0.717, 1.165) is 31.0 Å². The van der Waals surface area contributed by atoms with Gasteiger partial charge in [-0.15, -0.1) is 0 Å². The minimum atomic E-state index is 0.495. The van der Waals surface area contributed by atoms with Crippen molar-refractivity contribution in [2.45, 2.75) is 51.9 Å². The number of nitriles is 1. The van der Waals surface area contributed by atoms with Gasteiger partial charge in [0, 0.05) is 5.75 Å². The molecule has 0 saturated heterocycles. The highest BCUT2D eigenvalue weighted by atomic mass is 32.2. The standard InChI is InChI=1S/C17H25NOS/c1-3-4-5-6-12-19-17-9-7-16(8-10-17)15(2)11-13-20-14-18/h7-10,15H,3-6,11-13H2,1-2H3. The van der Waals surface area contributed by atoms with Crippen LogP contribution >= 0.6 is 11.8 Å². The fourth-order valence-electron chi connectivity index (χ4n) is 2.06. The van der Waals surface area contributed by atoms with Gasteiger partial charge in [0.1, 0.15) is 11.2 Å². The molecule has 0 aliphatic heterocycles. The molecule has 0 radical (unpaired) electrons. The molecule has 2 nitrogen and oxygen atoms in total. The van der Waals surface area contributed by atoms with Gasteiger partial charge in [0.25, 0.3) is 0 Å². The first-order valence-electron chi connectivity index (χ1n) is 7.51. The molecule has 0 aliphatic rings. The highest BCUT2D eigenvalue weighted by molar-refractivity contribution is 8.03. The zero-order valence-corrected chi connectivity index (χ0v) is 13.4. The van der Waals surface area contributed by atoms with Gasteiger partial charge in [-0.1, -0.05) is 45.2 Å². The lowest BCUT2D eigenvalue weighted by Gasteiger charge is -2.12. The molecule has 0 heterocycles.